The van der Waals surface area contributed by atoms with Crippen molar-refractivity contribution in [3.63, 3.8) is 0 Å². The van der Waals surface area contributed by atoms with E-state index in [1.54, 1.807) is 0 Å². The molecule has 0 radical (unpaired) electrons. The van der Waals surface area contributed by atoms with E-state index in [0.29, 0.717) is 0 Å². The molecule has 0 atom stereocenters. The summed E-state index contributed by atoms with van der Waals surface area (Å²) in [5.41, 5.74) is 5.56. The predicted molar refractivity (Wildman–Crippen MR) is 107 cm³/mol. The maximum absolute atomic E-state index is 2.40. The molecule has 0 heteroatoms. The van der Waals surface area contributed by atoms with E-state index in [1.807, 2.05) is 0 Å². The van der Waals surface area contributed by atoms with Crippen molar-refractivity contribution in [1.82, 2.24) is 0 Å². The van der Waals surface area contributed by atoms with Gasteiger partial charge in [0.2, 0.25) is 0 Å². The highest BCUT2D eigenvalue weighted by molar-refractivity contribution is 5.70. The monoisotopic (exact) mass is 312 g/mol. The van der Waals surface area contributed by atoms with Crippen molar-refractivity contribution < 1.29 is 0 Å². The fraction of sp³-hybridized carbons (Fsp3) is 0.565. The topological polar surface area (TPSA) is 0 Å². The minimum absolute atomic E-state index is 0.813. The van der Waals surface area contributed by atoms with E-state index >= 15 is 0 Å². The van der Waals surface area contributed by atoms with Gasteiger partial charge in [-0.2, -0.15) is 0 Å². The van der Waals surface area contributed by atoms with Gasteiger partial charge in [0, 0.05) is 0 Å². The third-order valence-corrected chi connectivity index (χ3v) is 4.47. The summed E-state index contributed by atoms with van der Waals surface area (Å²) in [5, 5.41) is 0. The molecule has 0 N–H and O–H groups in total. The molecule has 0 spiro atoms. The van der Waals surface area contributed by atoms with Gasteiger partial charge in [-0.3, -0.25) is 0 Å². The molecular weight excluding hydrogens is 276 g/mol. The Hall–Kier alpha value is -1.30. The van der Waals surface area contributed by atoms with E-state index in [4.69, 9.17) is 0 Å². The summed E-state index contributed by atoms with van der Waals surface area (Å²) in [7, 11) is 0. The third-order valence-electron chi connectivity index (χ3n) is 4.47. The Morgan fingerprint density at radius 2 is 1.48 bits per heavy atom. The number of hydrogen-bond acceptors (Lipinski definition) is 0. The fourth-order valence-corrected chi connectivity index (χ4v) is 2.80. The SMILES string of the molecule is CCCCC/C=C(\C)c1cccc(/C(C)=C/CCCC(C)C)c1. The number of hydrogen-bond donors (Lipinski definition) is 0. The summed E-state index contributed by atoms with van der Waals surface area (Å²) in [4.78, 5) is 0. The van der Waals surface area contributed by atoms with Gasteiger partial charge in [0.05, 0.1) is 0 Å². The van der Waals surface area contributed by atoms with Crippen LogP contribution in [0.2, 0.25) is 0 Å². The zero-order valence-electron chi connectivity index (χ0n) is 16.0. The normalized spacial score (nSPS) is 13.0. The van der Waals surface area contributed by atoms with E-state index in [-0.39, 0.29) is 0 Å². The molecule has 23 heavy (non-hydrogen) atoms. The zero-order valence-corrected chi connectivity index (χ0v) is 16.0. The van der Waals surface area contributed by atoms with E-state index in [0.717, 1.165) is 5.92 Å². The highest BCUT2D eigenvalue weighted by Crippen LogP contribution is 2.22. The lowest BCUT2D eigenvalue weighted by molar-refractivity contribution is 0.560. The molecule has 0 aliphatic rings. The van der Waals surface area contributed by atoms with Crippen LogP contribution in [-0.2, 0) is 0 Å². The summed E-state index contributed by atoms with van der Waals surface area (Å²) >= 11 is 0. The zero-order chi connectivity index (χ0) is 17.1. The van der Waals surface area contributed by atoms with Crippen LogP contribution in [0.1, 0.15) is 90.7 Å². The van der Waals surface area contributed by atoms with Crippen molar-refractivity contribution in [1.29, 1.82) is 0 Å². The molecule has 0 fully saturated rings. The predicted octanol–water partition coefficient (Wildman–Crippen LogP) is 7.90. The average Bonchev–Trinajstić information content (AvgIpc) is 2.55. The number of unbranched alkanes of at least 4 members (excludes halogenated alkanes) is 4. The largest absolute Gasteiger partial charge is 0.0810 e. The molecule has 0 amide bonds. The molecule has 128 valence electrons. The molecule has 0 aromatic heterocycles. The van der Waals surface area contributed by atoms with E-state index in [1.165, 1.54) is 67.2 Å². The highest BCUT2D eigenvalue weighted by atomic mass is 14.1. The first-order valence-corrected chi connectivity index (χ1v) is 9.49. The van der Waals surface area contributed by atoms with Gasteiger partial charge < -0.3 is 0 Å². The summed E-state index contributed by atoms with van der Waals surface area (Å²) < 4.78 is 0. The summed E-state index contributed by atoms with van der Waals surface area (Å²) in [6, 6.07) is 9.02. The van der Waals surface area contributed by atoms with Crippen LogP contribution in [0.25, 0.3) is 11.1 Å². The quantitative estimate of drug-likeness (QED) is 0.385. The smallest absolute Gasteiger partial charge is 0.0224 e. The second-order valence-corrected chi connectivity index (χ2v) is 7.18. The first-order valence-electron chi connectivity index (χ1n) is 9.49. The van der Waals surface area contributed by atoms with Gasteiger partial charge in [-0.05, 0) is 73.8 Å². The summed E-state index contributed by atoms with van der Waals surface area (Å²) in [6.07, 6.45) is 13.8. The molecule has 0 unspecified atom stereocenters. The van der Waals surface area contributed by atoms with Gasteiger partial charge in [-0.15, -0.1) is 0 Å². The van der Waals surface area contributed by atoms with Crippen molar-refractivity contribution in [2.24, 2.45) is 5.92 Å². The van der Waals surface area contributed by atoms with Crippen molar-refractivity contribution in [3.8, 4) is 0 Å². The van der Waals surface area contributed by atoms with Gasteiger partial charge >= 0.3 is 0 Å². The lowest BCUT2D eigenvalue weighted by Gasteiger charge is -2.08. The first kappa shape index (κ1) is 19.7. The molecule has 0 heterocycles. The maximum atomic E-state index is 2.40. The second-order valence-electron chi connectivity index (χ2n) is 7.18. The van der Waals surface area contributed by atoms with Crippen molar-refractivity contribution >= 4 is 11.1 Å². The Labute approximate surface area is 144 Å². The Balaban J connectivity index is 2.66. The van der Waals surface area contributed by atoms with Crippen LogP contribution in [0.15, 0.2) is 36.4 Å². The van der Waals surface area contributed by atoms with Crippen molar-refractivity contribution in [2.75, 3.05) is 0 Å². The molecule has 1 aromatic rings. The Morgan fingerprint density at radius 3 is 2.00 bits per heavy atom. The van der Waals surface area contributed by atoms with Crippen molar-refractivity contribution in [2.45, 2.75) is 79.6 Å². The summed E-state index contributed by atoms with van der Waals surface area (Å²) in [6.45, 7) is 11.4. The molecule has 0 saturated heterocycles. The van der Waals surface area contributed by atoms with E-state index in [9.17, 15) is 0 Å². The van der Waals surface area contributed by atoms with Crippen LogP contribution in [0, 0.1) is 5.92 Å². The standard InChI is InChI=1S/C23H36/c1-6-7-8-9-14-20(4)22-16-12-17-23(18-22)21(5)15-11-10-13-19(2)3/h12,14-19H,6-11,13H2,1-5H3/b20-14+,21-15+. The summed E-state index contributed by atoms with van der Waals surface area (Å²) in [5.74, 6) is 0.813. The minimum Gasteiger partial charge on any atom is -0.0810 e. The lowest BCUT2D eigenvalue weighted by atomic mass is 9.98. The second kappa shape index (κ2) is 11.3. The maximum Gasteiger partial charge on any atom is -0.0224 e. The lowest BCUT2D eigenvalue weighted by Crippen LogP contribution is -1.87. The van der Waals surface area contributed by atoms with Gasteiger partial charge in [-0.1, -0.05) is 70.4 Å². The Kier molecular flexibility index (Phi) is 9.67. The number of benzene rings is 1. The minimum atomic E-state index is 0.813. The van der Waals surface area contributed by atoms with E-state index in [2.05, 4.69) is 71.0 Å². The van der Waals surface area contributed by atoms with Crippen LogP contribution in [-0.4, -0.2) is 0 Å². The van der Waals surface area contributed by atoms with Crippen LogP contribution < -0.4 is 0 Å². The highest BCUT2D eigenvalue weighted by Gasteiger charge is 2.00. The molecule has 0 bridgehead atoms. The number of allylic oxidation sites excluding steroid dienone is 4. The van der Waals surface area contributed by atoms with Crippen LogP contribution in [0.3, 0.4) is 0 Å². The third kappa shape index (κ3) is 8.21. The molecule has 0 saturated carbocycles. The molecule has 1 aromatic carbocycles. The molecule has 0 nitrogen and oxygen atoms in total. The van der Waals surface area contributed by atoms with Crippen LogP contribution in [0.4, 0.5) is 0 Å². The molecule has 0 aliphatic heterocycles. The molecular formula is C23H36. The Morgan fingerprint density at radius 1 is 0.913 bits per heavy atom. The number of rotatable bonds is 10. The van der Waals surface area contributed by atoms with Gasteiger partial charge in [0.25, 0.3) is 0 Å². The Bertz CT molecular complexity index is 503. The van der Waals surface area contributed by atoms with Gasteiger partial charge in [-0.25, -0.2) is 0 Å². The molecule has 0 aliphatic carbocycles. The van der Waals surface area contributed by atoms with Gasteiger partial charge in [0.1, 0.15) is 0 Å². The van der Waals surface area contributed by atoms with Gasteiger partial charge in [0.15, 0.2) is 0 Å². The first-order chi connectivity index (χ1) is 11.0. The average molecular weight is 313 g/mol. The van der Waals surface area contributed by atoms with Crippen molar-refractivity contribution in [3.05, 3.63) is 47.5 Å². The van der Waals surface area contributed by atoms with Crippen LogP contribution in [0.5, 0.6) is 0 Å². The van der Waals surface area contributed by atoms with E-state index < -0.39 is 0 Å². The fourth-order valence-electron chi connectivity index (χ4n) is 2.80. The molecule has 1 rings (SSSR count). The van der Waals surface area contributed by atoms with Crippen LogP contribution >= 0.6 is 0 Å².